The molecule has 0 amide bonds. The van der Waals surface area contributed by atoms with Crippen molar-refractivity contribution in [3.05, 3.63) is 103 Å². The number of fused-ring (bicyclic) bond motifs is 1. The number of anilines is 2. The third-order valence-corrected chi connectivity index (χ3v) is 7.87. The summed E-state index contributed by atoms with van der Waals surface area (Å²) in [7, 11) is 0. The van der Waals surface area contributed by atoms with Gasteiger partial charge in [-0.1, -0.05) is 12.1 Å². The van der Waals surface area contributed by atoms with E-state index >= 15 is 0 Å². The molecule has 4 N–H and O–H groups in total. The number of imidazole rings is 1. The van der Waals surface area contributed by atoms with Crippen molar-refractivity contribution < 1.29 is 14.6 Å². The van der Waals surface area contributed by atoms with E-state index in [0.717, 1.165) is 6.20 Å². The SMILES string of the molecule is N#Cc1nccc(N2CCN(C(O)(O)c3ccc(-n4c(-c5cccnc5N)nc5ccc(-c6ccc(F)cn6)nc54)cc3)CC2)n1. The van der Waals surface area contributed by atoms with Gasteiger partial charge in [0.2, 0.25) is 5.82 Å². The molecule has 0 aliphatic carbocycles. The molecule has 6 heterocycles. The average molecular weight is 616 g/mol. The molecule has 0 saturated carbocycles. The average Bonchev–Trinajstić information content (AvgIpc) is 3.47. The van der Waals surface area contributed by atoms with Gasteiger partial charge in [0.15, 0.2) is 11.5 Å². The predicted molar refractivity (Wildman–Crippen MR) is 166 cm³/mol. The highest BCUT2D eigenvalue weighted by molar-refractivity contribution is 5.84. The first-order valence-electron chi connectivity index (χ1n) is 14.3. The van der Waals surface area contributed by atoms with Gasteiger partial charge >= 0.3 is 0 Å². The summed E-state index contributed by atoms with van der Waals surface area (Å²) < 4.78 is 15.4. The van der Waals surface area contributed by atoms with Gasteiger partial charge < -0.3 is 20.8 Å². The molecule has 1 aliphatic heterocycles. The van der Waals surface area contributed by atoms with E-state index in [1.165, 1.54) is 12.3 Å². The minimum Gasteiger partial charge on any atom is -0.383 e. The minimum atomic E-state index is -2.25. The second-order valence-corrected chi connectivity index (χ2v) is 10.6. The van der Waals surface area contributed by atoms with E-state index in [1.807, 2.05) is 21.6 Å². The number of piperazine rings is 1. The number of hydrogen-bond acceptors (Lipinski definition) is 12. The van der Waals surface area contributed by atoms with Gasteiger partial charge in [-0.05, 0) is 54.6 Å². The molecule has 1 aliphatic rings. The number of nitrogens with zero attached hydrogens (tertiary/aromatic N) is 10. The summed E-state index contributed by atoms with van der Waals surface area (Å²) in [4.78, 5) is 29.7. The molecular formula is C32H26FN11O2. The Morgan fingerprint density at radius 3 is 2.33 bits per heavy atom. The normalized spacial score (nSPS) is 14.0. The fourth-order valence-corrected chi connectivity index (χ4v) is 5.50. The smallest absolute Gasteiger partial charge is 0.253 e. The van der Waals surface area contributed by atoms with Crippen molar-refractivity contribution in [2.24, 2.45) is 0 Å². The summed E-state index contributed by atoms with van der Waals surface area (Å²) in [6.07, 6.45) is 4.26. The van der Waals surface area contributed by atoms with Gasteiger partial charge in [0.25, 0.3) is 5.91 Å². The lowest BCUT2D eigenvalue weighted by molar-refractivity contribution is -0.276. The second-order valence-electron chi connectivity index (χ2n) is 10.6. The Kier molecular flexibility index (Phi) is 7.26. The van der Waals surface area contributed by atoms with Crippen molar-refractivity contribution in [2.75, 3.05) is 36.8 Å². The zero-order chi connectivity index (χ0) is 31.8. The molecule has 0 spiro atoms. The molecule has 1 fully saturated rings. The first-order valence-corrected chi connectivity index (χ1v) is 14.3. The number of nitrogens with two attached hydrogens (primary N) is 1. The molecule has 0 atom stereocenters. The molecule has 13 nitrogen and oxygen atoms in total. The minimum absolute atomic E-state index is 0.0808. The third-order valence-electron chi connectivity index (χ3n) is 7.87. The van der Waals surface area contributed by atoms with E-state index in [1.54, 1.807) is 65.7 Å². The first kappa shape index (κ1) is 28.9. The number of hydrogen-bond donors (Lipinski definition) is 3. The van der Waals surface area contributed by atoms with Crippen LogP contribution < -0.4 is 10.6 Å². The van der Waals surface area contributed by atoms with Gasteiger partial charge in [0, 0.05) is 49.8 Å². The van der Waals surface area contributed by atoms with Gasteiger partial charge in [-0.25, -0.2) is 34.2 Å². The third kappa shape index (κ3) is 5.24. The molecular weight excluding hydrogens is 589 g/mol. The maximum atomic E-state index is 13.5. The van der Waals surface area contributed by atoms with Crippen molar-refractivity contribution in [1.82, 2.24) is 39.4 Å². The lowest BCUT2D eigenvalue weighted by Crippen LogP contribution is -2.55. The first-order chi connectivity index (χ1) is 22.3. The van der Waals surface area contributed by atoms with Crippen LogP contribution in [0.15, 0.2) is 85.3 Å². The van der Waals surface area contributed by atoms with Crippen LogP contribution in [-0.2, 0) is 5.91 Å². The molecule has 0 unspecified atom stereocenters. The van der Waals surface area contributed by atoms with E-state index in [0.29, 0.717) is 71.6 Å². The summed E-state index contributed by atoms with van der Waals surface area (Å²) in [5.74, 6) is -1.23. The quantitative estimate of drug-likeness (QED) is 0.234. The Balaban J connectivity index is 1.22. The Bertz CT molecular complexity index is 2090. The molecule has 0 radical (unpaired) electrons. The lowest BCUT2D eigenvalue weighted by atomic mass is 10.1. The standard InChI is InChI=1S/C32H26FN11O2/c33-21-5-8-24(38-19-21)25-9-10-26-31(39-25)44(30(40-26)23-2-1-12-37-29(23)35)22-6-3-20(4-7-22)32(45,46)43-16-14-42(15-17-43)28-11-13-36-27(18-34)41-28/h1-13,19,45-46H,14-17H2,(H2,35,37). The van der Waals surface area contributed by atoms with Crippen molar-refractivity contribution in [1.29, 1.82) is 5.26 Å². The number of rotatable bonds is 6. The lowest BCUT2D eigenvalue weighted by Gasteiger charge is -2.41. The molecule has 1 aromatic carbocycles. The van der Waals surface area contributed by atoms with Gasteiger partial charge in [0.1, 0.15) is 29.0 Å². The molecule has 7 rings (SSSR count). The summed E-state index contributed by atoms with van der Waals surface area (Å²) in [5, 5.41) is 31.7. The fourth-order valence-electron chi connectivity index (χ4n) is 5.50. The molecule has 228 valence electrons. The van der Waals surface area contributed by atoms with Gasteiger partial charge in [-0.3, -0.25) is 9.55 Å². The molecule has 0 bridgehead atoms. The van der Waals surface area contributed by atoms with E-state index < -0.39 is 11.7 Å². The van der Waals surface area contributed by atoms with Crippen LogP contribution in [0, 0.1) is 17.1 Å². The van der Waals surface area contributed by atoms with E-state index in [-0.39, 0.29) is 17.2 Å². The maximum absolute atomic E-state index is 13.5. The molecule has 46 heavy (non-hydrogen) atoms. The Labute approximate surface area is 261 Å². The largest absolute Gasteiger partial charge is 0.383 e. The van der Waals surface area contributed by atoms with Crippen LogP contribution in [0.3, 0.4) is 0 Å². The number of pyridine rings is 3. The van der Waals surface area contributed by atoms with Crippen LogP contribution >= 0.6 is 0 Å². The van der Waals surface area contributed by atoms with Gasteiger partial charge in [-0.2, -0.15) is 5.26 Å². The Morgan fingerprint density at radius 2 is 1.61 bits per heavy atom. The van der Waals surface area contributed by atoms with E-state index in [4.69, 9.17) is 21.0 Å². The topological polar surface area (TPSA) is 179 Å². The van der Waals surface area contributed by atoms with Gasteiger partial charge in [-0.15, -0.1) is 0 Å². The van der Waals surface area contributed by atoms with Crippen molar-refractivity contribution in [2.45, 2.75) is 5.91 Å². The summed E-state index contributed by atoms with van der Waals surface area (Å²) in [5.41, 5.74) is 9.84. The van der Waals surface area contributed by atoms with E-state index in [9.17, 15) is 14.6 Å². The van der Waals surface area contributed by atoms with Crippen molar-refractivity contribution in [3.8, 4) is 34.5 Å². The van der Waals surface area contributed by atoms with Crippen LogP contribution in [0.5, 0.6) is 0 Å². The monoisotopic (exact) mass is 615 g/mol. The van der Waals surface area contributed by atoms with Crippen LogP contribution in [0.4, 0.5) is 16.0 Å². The maximum Gasteiger partial charge on any atom is 0.253 e. The number of nitrogen functional groups attached to an aromatic ring is 1. The fraction of sp³-hybridized carbons (Fsp3) is 0.156. The van der Waals surface area contributed by atoms with Crippen LogP contribution in [-0.4, -0.2) is 75.8 Å². The number of halogens is 1. The zero-order valence-corrected chi connectivity index (χ0v) is 24.2. The Hall–Kier alpha value is -5.88. The number of nitriles is 1. The Morgan fingerprint density at radius 1 is 0.826 bits per heavy atom. The molecule has 5 aromatic heterocycles. The summed E-state index contributed by atoms with van der Waals surface area (Å²) in [6.45, 7) is 1.61. The van der Waals surface area contributed by atoms with Crippen molar-refractivity contribution in [3.63, 3.8) is 0 Å². The molecule has 1 saturated heterocycles. The highest BCUT2D eigenvalue weighted by Crippen LogP contribution is 2.33. The van der Waals surface area contributed by atoms with Crippen LogP contribution in [0.2, 0.25) is 0 Å². The van der Waals surface area contributed by atoms with E-state index in [2.05, 4.69) is 19.9 Å². The highest BCUT2D eigenvalue weighted by Gasteiger charge is 2.36. The second kappa shape index (κ2) is 11.6. The van der Waals surface area contributed by atoms with Crippen LogP contribution in [0.1, 0.15) is 11.4 Å². The number of benzene rings is 1. The van der Waals surface area contributed by atoms with Crippen LogP contribution in [0.25, 0.3) is 39.6 Å². The van der Waals surface area contributed by atoms with Crippen molar-refractivity contribution >= 4 is 22.8 Å². The zero-order valence-electron chi connectivity index (χ0n) is 24.2. The molecule has 6 aromatic rings. The van der Waals surface area contributed by atoms with Gasteiger partial charge in [0.05, 0.1) is 23.1 Å². The molecule has 14 heteroatoms. The summed E-state index contributed by atoms with van der Waals surface area (Å²) in [6, 6.07) is 20.5. The summed E-state index contributed by atoms with van der Waals surface area (Å²) >= 11 is 0. The number of aromatic nitrogens is 7. The predicted octanol–water partition coefficient (Wildman–Crippen LogP) is 2.84. The number of aliphatic hydroxyl groups is 2. The highest BCUT2D eigenvalue weighted by atomic mass is 19.1.